The first kappa shape index (κ1) is 20.9. The molecule has 0 aromatic heterocycles. The van der Waals surface area contributed by atoms with E-state index in [0.29, 0.717) is 23.8 Å². The lowest BCUT2D eigenvalue weighted by Crippen LogP contribution is -2.39. The topological polar surface area (TPSA) is 90.9 Å². The van der Waals surface area contributed by atoms with Gasteiger partial charge >= 0.3 is 0 Å². The van der Waals surface area contributed by atoms with Crippen LogP contribution in [0.1, 0.15) is 18.4 Å². The van der Waals surface area contributed by atoms with Gasteiger partial charge in [-0.2, -0.15) is 0 Å². The summed E-state index contributed by atoms with van der Waals surface area (Å²) in [5.74, 6) is 0.689. The fourth-order valence-corrected chi connectivity index (χ4v) is 4.35. The molecule has 2 N–H and O–H groups in total. The van der Waals surface area contributed by atoms with E-state index < -0.39 is 9.84 Å². The number of hydrogen-bond acceptors (Lipinski definition) is 4. The highest BCUT2D eigenvalue weighted by Gasteiger charge is 2.21. The van der Waals surface area contributed by atoms with Crippen molar-refractivity contribution in [2.75, 3.05) is 30.8 Å². The van der Waals surface area contributed by atoms with Crippen molar-refractivity contribution in [1.29, 1.82) is 0 Å². The summed E-state index contributed by atoms with van der Waals surface area (Å²) in [6, 6.07) is 16.3. The SMILES string of the molecule is CN=C(NCCS(=O)(=O)c1ccccc1)NCc1ccc(N2CCCC2=O)cc1. The minimum absolute atomic E-state index is 0.0176. The Kier molecular flexibility index (Phi) is 6.87. The van der Waals surface area contributed by atoms with Crippen LogP contribution in [0.3, 0.4) is 0 Å². The second-order valence-corrected chi connectivity index (χ2v) is 8.91. The zero-order chi connectivity index (χ0) is 20.7. The number of nitrogens with one attached hydrogen (secondary N) is 2. The number of hydrogen-bond donors (Lipinski definition) is 2. The summed E-state index contributed by atoms with van der Waals surface area (Å²) in [5, 5.41) is 6.21. The molecule has 2 aromatic carbocycles. The predicted molar refractivity (Wildman–Crippen MR) is 115 cm³/mol. The van der Waals surface area contributed by atoms with Gasteiger partial charge in [0.25, 0.3) is 0 Å². The number of amides is 1. The van der Waals surface area contributed by atoms with Crippen LogP contribution in [-0.4, -0.2) is 46.2 Å². The van der Waals surface area contributed by atoms with Crippen LogP contribution in [0.15, 0.2) is 64.5 Å². The Morgan fingerprint density at radius 1 is 1.07 bits per heavy atom. The highest BCUT2D eigenvalue weighted by atomic mass is 32.2. The van der Waals surface area contributed by atoms with Crippen molar-refractivity contribution in [2.24, 2.45) is 4.99 Å². The lowest BCUT2D eigenvalue weighted by atomic mass is 10.2. The van der Waals surface area contributed by atoms with Crippen molar-refractivity contribution in [3.05, 3.63) is 60.2 Å². The molecule has 3 rings (SSSR count). The van der Waals surface area contributed by atoms with E-state index in [1.807, 2.05) is 29.2 Å². The third-order valence-electron chi connectivity index (χ3n) is 4.77. The van der Waals surface area contributed by atoms with Crippen LogP contribution >= 0.6 is 0 Å². The van der Waals surface area contributed by atoms with E-state index in [2.05, 4.69) is 15.6 Å². The molecule has 1 amide bonds. The van der Waals surface area contributed by atoms with Gasteiger partial charge in [0.15, 0.2) is 15.8 Å². The van der Waals surface area contributed by atoms with Gasteiger partial charge < -0.3 is 15.5 Å². The van der Waals surface area contributed by atoms with Crippen LogP contribution in [0.25, 0.3) is 0 Å². The lowest BCUT2D eigenvalue weighted by Gasteiger charge is -2.16. The highest BCUT2D eigenvalue weighted by molar-refractivity contribution is 7.91. The van der Waals surface area contributed by atoms with Crippen LogP contribution < -0.4 is 15.5 Å². The van der Waals surface area contributed by atoms with Gasteiger partial charge in [-0.1, -0.05) is 30.3 Å². The normalized spacial score (nSPS) is 14.9. The second kappa shape index (κ2) is 9.56. The zero-order valence-electron chi connectivity index (χ0n) is 16.5. The Bertz CT molecular complexity index is 957. The highest BCUT2D eigenvalue weighted by Crippen LogP contribution is 2.21. The number of benzene rings is 2. The Labute approximate surface area is 171 Å². The quantitative estimate of drug-likeness (QED) is 0.534. The molecule has 0 unspecified atom stereocenters. The van der Waals surface area contributed by atoms with E-state index in [1.165, 1.54) is 0 Å². The number of anilines is 1. The van der Waals surface area contributed by atoms with Crippen LogP contribution in [0, 0.1) is 0 Å². The van der Waals surface area contributed by atoms with Gasteiger partial charge in [-0.3, -0.25) is 9.79 Å². The molecule has 1 aliphatic rings. The number of aliphatic imine (C=N–C) groups is 1. The molecule has 0 atom stereocenters. The first-order valence-corrected chi connectivity index (χ1v) is 11.3. The van der Waals surface area contributed by atoms with E-state index in [9.17, 15) is 13.2 Å². The van der Waals surface area contributed by atoms with E-state index in [-0.39, 0.29) is 18.2 Å². The molecular formula is C21H26N4O3S. The summed E-state index contributed by atoms with van der Waals surface area (Å²) in [6.07, 6.45) is 1.52. The summed E-state index contributed by atoms with van der Waals surface area (Å²) >= 11 is 0. The fraction of sp³-hybridized carbons (Fsp3) is 0.333. The van der Waals surface area contributed by atoms with Crippen molar-refractivity contribution in [2.45, 2.75) is 24.3 Å². The van der Waals surface area contributed by atoms with Gasteiger partial charge in [0, 0.05) is 38.8 Å². The summed E-state index contributed by atoms with van der Waals surface area (Å²) in [5.41, 5.74) is 1.96. The third kappa shape index (κ3) is 5.57. The monoisotopic (exact) mass is 414 g/mol. The smallest absolute Gasteiger partial charge is 0.227 e. The Morgan fingerprint density at radius 3 is 2.41 bits per heavy atom. The van der Waals surface area contributed by atoms with Crippen LogP contribution in [0.2, 0.25) is 0 Å². The number of rotatable bonds is 7. The maximum absolute atomic E-state index is 12.3. The number of carbonyl (C=O) groups excluding carboxylic acids is 1. The molecule has 1 aliphatic heterocycles. The van der Waals surface area contributed by atoms with Crippen molar-refractivity contribution >= 4 is 27.4 Å². The van der Waals surface area contributed by atoms with Crippen LogP contribution in [0.4, 0.5) is 5.69 Å². The Balaban J connectivity index is 1.47. The molecular weight excluding hydrogens is 388 g/mol. The van der Waals surface area contributed by atoms with Gasteiger partial charge in [-0.25, -0.2) is 8.42 Å². The first-order valence-electron chi connectivity index (χ1n) is 9.61. The largest absolute Gasteiger partial charge is 0.355 e. The van der Waals surface area contributed by atoms with Gasteiger partial charge in [-0.15, -0.1) is 0 Å². The zero-order valence-corrected chi connectivity index (χ0v) is 17.3. The number of guanidine groups is 1. The molecule has 0 saturated carbocycles. The molecule has 0 spiro atoms. The van der Waals surface area contributed by atoms with Crippen LogP contribution in [-0.2, 0) is 21.2 Å². The maximum Gasteiger partial charge on any atom is 0.227 e. The van der Waals surface area contributed by atoms with Crippen LogP contribution in [0.5, 0.6) is 0 Å². The fourth-order valence-electron chi connectivity index (χ4n) is 3.17. The van der Waals surface area contributed by atoms with Gasteiger partial charge in [0.2, 0.25) is 5.91 Å². The Hall–Kier alpha value is -2.87. The first-order chi connectivity index (χ1) is 14.0. The summed E-state index contributed by atoms with van der Waals surface area (Å²) in [7, 11) is -1.68. The number of nitrogens with zero attached hydrogens (tertiary/aromatic N) is 2. The molecule has 1 heterocycles. The van der Waals surface area contributed by atoms with E-state index in [4.69, 9.17) is 0 Å². The van der Waals surface area contributed by atoms with Crippen molar-refractivity contribution in [3.8, 4) is 0 Å². The Morgan fingerprint density at radius 2 is 1.79 bits per heavy atom. The summed E-state index contributed by atoms with van der Waals surface area (Å²) < 4.78 is 24.6. The molecule has 0 radical (unpaired) electrons. The molecule has 2 aromatic rings. The number of carbonyl (C=O) groups is 1. The van der Waals surface area contributed by atoms with E-state index in [1.54, 1.807) is 37.4 Å². The molecule has 1 fully saturated rings. The molecule has 29 heavy (non-hydrogen) atoms. The predicted octanol–water partition coefficient (Wildman–Crippen LogP) is 1.95. The summed E-state index contributed by atoms with van der Waals surface area (Å²) in [4.78, 5) is 18.1. The van der Waals surface area contributed by atoms with Gasteiger partial charge in [0.05, 0.1) is 10.6 Å². The molecule has 0 bridgehead atoms. The average molecular weight is 415 g/mol. The van der Waals surface area contributed by atoms with Crippen molar-refractivity contribution < 1.29 is 13.2 Å². The van der Waals surface area contributed by atoms with Gasteiger partial charge in [0.1, 0.15) is 0 Å². The standard InChI is InChI=1S/C21H26N4O3S/c1-22-21(23-13-15-29(27,28)19-6-3-2-4-7-19)24-16-17-9-11-18(12-10-17)25-14-5-8-20(25)26/h2-4,6-7,9-12H,5,8,13-16H2,1H3,(H2,22,23,24). The molecule has 0 aliphatic carbocycles. The second-order valence-electron chi connectivity index (χ2n) is 6.80. The molecule has 154 valence electrons. The van der Waals surface area contributed by atoms with Gasteiger partial charge in [-0.05, 0) is 36.2 Å². The average Bonchev–Trinajstić information content (AvgIpc) is 3.17. The lowest BCUT2D eigenvalue weighted by molar-refractivity contribution is -0.117. The maximum atomic E-state index is 12.3. The third-order valence-corrected chi connectivity index (χ3v) is 6.50. The molecule has 7 nitrogen and oxygen atoms in total. The minimum atomic E-state index is -3.33. The van der Waals surface area contributed by atoms with Crippen molar-refractivity contribution in [1.82, 2.24) is 10.6 Å². The van der Waals surface area contributed by atoms with Crippen molar-refractivity contribution in [3.63, 3.8) is 0 Å². The van der Waals surface area contributed by atoms with E-state index >= 15 is 0 Å². The molecule has 1 saturated heterocycles. The minimum Gasteiger partial charge on any atom is -0.355 e. The number of sulfone groups is 1. The summed E-state index contributed by atoms with van der Waals surface area (Å²) in [6.45, 7) is 1.57. The van der Waals surface area contributed by atoms with E-state index in [0.717, 1.165) is 24.2 Å². The molecule has 8 heteroatoms.